The normalized spacial score (nSPS) is 11.1. The minimum absolute atomic E-state index is 0.0700. The summed E-state index contributed by atoms with van der Waals surface area (Å²) < 4.78 is 27.3. The number of nitrogens with two attached hydrogens (primary N) is 1. The summed E-state index contributed by atoms with van der Waals surface area (Å²) in [5, 5.41) is 0. The van der Waals surface area contributed by atoms with Crippen LogP contribution in [-0.4, -0.2) is 14.2 Å². The highest BCUT2D eigenvalue weighted by Crippen LogP contribution is 2.25. The molecule has 0 saturated heterocycles. The average Bonchev–Trinajstić information content (AvgIpc) is 2.38. The first kappa shape index (κ1) is 15.1. The van der Waals surface area contributed by atoms with Crippen molar-refractivity contribution in [2.45, 2.75) is 18.7 Å². The Balaban J connectivity index is 2.35. The molecule has 2 aromatic carbocycles. The molecule has 0 fully saturated rings. The maximum atomic E-state index is 12.4. The quantitative estimate of drug-likeness (QED) is 0.671. The molecule has 0 atom stereocenters. The summed E-state index contributed by atoms with van der Waals surface area (Å²) in [7, 11) is -3.77. The molecule has 0 aliphatic carbocycles. The van der Waals surface area contributed by atoms with Gasteiger partial charge in [-0.3, -0.25) is 9.52 Å². The van der Waals surface area contributed by atoms with E-state index in [0.29, 0.717) is 16.8 Å². The van der Waals surface area contributed by atoms with E-state index >= 15 is 0 Å². The van der Waals surface area contributed by atoms with Crippen molar-refractivity contribution in [1.82, 2.24) is 0 Å². The van der Waals surface area contributed by atoms with Crippen LogP contribution in [0.3, 0.4) is 0 Å². The highest BCUT2D eigenvalue weighted by atomic mass is 32.2. The number of nitrogen functional groups attached to an aromatic ring is 1. The first-order valence-electron chi connectivity index (χ1n) is 6.30. The van der Waals surface area contributed by atoms with Gasteiger partial charge in [0.2, 0.25) is 0 Å². The molecule has 0 aromatic heterocycles. The molecule has 6 heteroatoms. The lowest BCUT2D eigenvalue weighted by Gasteiger charge is -2.12. The van der Waals surface area contributed by atoms with E-state index < -0.39 is 10.0 Å². The second kappa shape index (κ2) is 5.57. The van der Waals surface area contributed by atoms with E-state index in [0.717, 1.165) is 0 Å². The van der Waals surface area contributed by atoms with Crippen molar-refractivity contribution in [2.24, 2.45) is 0 Å². The number of rotatable bonds is 4. The number of hydrogen-bond acceptors (Lipinski definition) is 4. The van der Waals surface area contributed by atoms with E-state index in [9.17, 15) is 13.2 Å². The zero-order chi connectivity index (χ0) is 15.6. The zero-order valence-corrected chi connectivity index (χ0v) is 12.6. The summed E-state index contributed by atoms with van der Waals surface area (Å²) in [6, 6.07) is 11.2. The van der Waals surface area contributed by atoms with Gasteiger partial charge in [0.1, 0.15) is 4.90 Å². The topological polar surface area (TPSA) is 89.3 Å². The first-order chi connectivity index (χ1) is 9.81. The highest BCUT2D eigenvalue weighted by Gasteiger charge is 2.19. The van der Waals surface area contributed by atoms with Gasteiger partial charge in [0.15, 0.2) is 5.78 Å². The van der Waals surface area contributed by atoms with Crippen LogP contribution in [0.5, 0.6) is 0 Å². The molecule has 0 unspecified atom stereocenters. The van der Waals surface area contributed by atoms with Gasteiger partial charge >= 0.3 is 0 Å². The SMILES string of the molecule is CC(=O)c1ccc(NS(=O)(=O)c2c(C)cccc2N)cc1. The molecule has 0 radical (unpaired) electrons. The summed E-state index contributed by atoms with van der Waals surface area (Å²) in [5.41, 5.74) is 7.43. The maximum absolute atomic E-state index is 12.4. The van der Waals surface area contributed by atoms with Crippen LogP contribution < -0.4 is 10.5 Å². The van der Waals surface area contributed by atoms with Crippen molar-refractivity contribution in [3.05, 3.63) is 53.6 Å². The van der Waals surface area contributed by atoms with Gasteiger partial charge in [0, 0.05) is 11.3 Å². The Labute approximate surface area is 123 Å². The van der Waals surface area contributed by atoms with Crippen LogP contribution in [0.25, 0.3) is 0 Å². The fourth-order valence-corrected chi connectivity index (χ4v) is 3.44. The van der Waals surface area contributed by atoms with E-state index in [4.69, 9.17) is 5.73 Å². The summed E-state index contributed by atoms with van der Waals surface area (Å²) in [4.78, 5) is 11.3. The Kier molecular flexibility index (Phi) is 3.99. The number of hydrogen-bond donors (Lipinski definition) is 2. The smallest absolute Gasteiger partial charge is 0.264 e. The third-order valence-corrected chi connectivity index (χ3v) is 4.65. The molecular formula is C15H16N2O3S. The standard InChI is InChI=1S/C15H16N2O3S/c1-10-4-3-5-14(16)15(10)21(19,20)17-13-8-6-12(7-9-13)11(2)18/h3-9,17H,16H2,1-2H3. The van der Waals surface area contributed by atoms with Crippen LogP contribution in [0.2, 0.25) is 0 Å². The summed E-state index contributed by atoms with van der Waals surface area (Å²) in [5.74, 6) is -0.0763. The number of carbonyl (C=O) groups excluding carboxylic acids is 1. The molecule has 0 aliphatic rings. The van der Waals surface area contributed by atoms with Crippen molar-refractivity contribution in [3.63, 3.8) is 0 Å². The van der Waals surface area contributed by atoms with Crippen LogP contribution in [0, 0.1) is 6.92 Å². The Bertz CT molecular complexity index is 761. The summed E-state index contributed by atoms with van der Waals surface area (Å²) in [6.07, 6.45) is 0. The number of ketones is 1. The number of sulfonamides is 1. The van der Waals surface area contributed by atoms with Crippen molar-refractivity contribution in [1.29, 1.82) is 0 Å². The Morgan fingerprint density at radius 3 is 2.24 bits per heavy atom. The summed E-state index contributed by atoms with van der Waals surface area (Å²) >= 11 is 0. The molecule has 5 nitrogen and oxygen atoms in total. The molecule has 0 amide bonds. The number of Topliss-reactive ketones (excluding diaryl/α,β-unsaturated/α-hetero) is 1. The van der Waals surface area contributed by atoms with Crippen molar-refractivity contribution in [2.75, 3.05) is 10.5 Å². The predicted octanol–water partition coefficient (Wildman–Crippen LogP) is 2.58. The molecule has 21 heavy (non-hydrogen) atoms. The van der Waals surface area contributed by atoms with Crippen LogP contribution in [-0.2, 0) is 10.0 Å². The van der Waals surface area contributed by atoms with E-state index in [1.54, 1.807) is 49.4 Å². The molecule has 0 saturated carbocycles. The van der Waals surface area contributed by atoms with Crippen LogP contribution in [0.4, 0.5) is 11.4 Å². The Morgan fingerprint density at radius 2 is 1.71 bits per heavy atom. The maximum Gasteiger partial charge on any atom is 0.264 e. The molecule has 2 aromatic rings. The average molecular weight is 304 g/mol. The minimum atomic E-state index is -3.77. The molecule has 3 N–H and O–H groups in total. The molecule has 0 bridgehead atoms. The Hall–Kier alpha value is -2.34. The number of anilines is 2. The van der Waals surface area contributed by atoms with E-state index in [1.165, 1.54) is 6.92 Å². The summed E-state index contributed by atoms with van der Waals surface area (Å²) in [6.45, 7) is 3.14. The van der Waals surface area contributed by atoms with Gasteiger partial charge in [-0.1, -0.05) is 12.1 Å². The van der Waals surface area contributed by atoms with E-state index in [1.807, 2.05) is 0 Å². The second-order valence-electron chi connectivity index (χ2n) is 4.73. The largest absolute Gasteiger partial charge is 0.398 e. The molecule has 2 rings (SSSR count). The van der Waals surface area contributed by atoms with Gasteiger partial charge in [0.05, 0.1) is 5.69 Å². The third kappa shape index (κ3) is 3.22. The van der Waals surface area contributed by atoms with E-state index in [-0.39, 0.29) is 16.4 Å². The van der Waals surface area contributed by atoms with Gasteiger partial charge in [0.25, 0.3) is 10.0 Å². The fourth-order valence-electron chi connectivity index (χ4n) is 2.02. The van der Waals surface area contributed by atoms with Gasteiger partial charge in [-0.2, -0.15) is 0 Å². The lowest BCUT2D eigenvalue weighted by Crippen LogP contribution is -2.16. The molecule has 0 heterocycles. The number of carbonyl (C=O) groups is 1. The lowest BCUT2D eigenvalue weighted by molar-refractivity contribution is 0.101. The molecule has 0 spiro atoms. The van der Waals surface area contributed by atoms with Crippen molar-refractivity contribution in [3.8, 4) is 0 Å². The molecule has 110 valence electrons. The van der Waals surface area contributed by atoms with Crippen molar-refractivity contribution >= 4 is 27.2 Å². The van der Waals surface area contributed by atoms with Crippen LogP contribution >= 0.6 is 0 Å². The van der Waals surface area contributed by atoms with Crippen LogP contribution in [0.1, 0.15) is 22.8 Å². The first-order valence-corrected chi connectivity index (χ1v) is 7.78. The van der Waals surface area contributed by atoms with Gasteiger partial charge < -0.3 is 5.73 Å². The number of benzene rings is 2. The lowest BCUT2D eigenvalue weighted by atomic mass is 10.1. The van der Waals surface area contributed by atoms with Gasteiger partial charge in [-0.25, -0.2) is 8.42 Å². The van der Waals surface area contributed by atoms with Gasteiger partial charge in [-0.05, 0) is 49.7 Å². The highest BCUT2D eigenvalue weighted by molar-refractivity contribution is 7.93. The van der Waals surface area contributed by atoms with Gasteiger partial charge in [-0.15, -0.1) is 0 Å². The molecule has 0 aliphatic heterocycles. The van der Waals surface area contributed by atoms with Crippen molar-refractivity contribution < 1.29 is 13.2 Å². The third-order valence-electron chi connectivity index (χ3n) is 3.05. The molecular weight excluding hydrogens is 288 g/mol. The Morgan fingerprint density at radius 1 is 1.10 bits per heavy atom. The van der Waals surface area contributed by atoms with Crippen LogP contribution in [0.15, 0.2) is 47.4 Å². The number of nitrogens with one attached hydrogen (secondary N) is 1. The predicted molar refractivity (Wildman–Crippen MR) is 82.8 cm³/mol. The second-order valence-corrected chi connectivity index (χ2v) is 6.35. The number of aryl methyl sites for hydroxylation is 1. The van der Waals surface area contributed by atoms with E-state index in [2.05, 4.69) is 4.72 Å². The monoisotopic (exact) mass is 304 g/mol. The zero-order valence-electron chi connectivity index (χ0n) is 11.8. The minimum Gasteiger partial charge on any atom is -0.398 e. The fraction of sp³-hybridized carbons (Fsp3) is 0.133.